The third-order valence-corrected chi connectivity index (χ3v) is 3.80. The van der Waals surface area contributed by atoms with E-state index >= 15 is 0 Å². The molecule has 1 rings (SSSR count). The van der Waals surface area contributed by atoms with Crippen molar-refractivity contribution in [3.05, 3.63) is 0 Å². The van der Waals surface area contributed by atoms with Crippen molar-refractivity contribution in [1.29, 1.82) is 0 Å². The standard InChI is InChI=1S/C8H15NO2S/c9-5-6(4-8(10)11)7-2-1-3-12-7/h6-7H,1-5,9H2,(H,10,11). The predicted octanol–water partition coefficient (Wildman–Crippen LogP) is 0.932. The van der Waals surface area contributed by atoms with Gasteiger partial charge in [-0.2, -0.15) is 11.8 Å². The molecule has 0 amide bonds. The van der Waals surface area contributed by atoms with Crippen LogP contribution in [0.1, 0.15) is 19.3 Å². The molecule has 2 atom stereocenters. The number of hydrogen-bond donors (Lipinski definition) is 2. The van der Waals surface area contributed by atoms with Crippen LogP contribution in [0.5, 0.6) is 0 Å². The smallest absolute Gasteiger partial charge is 0.303 e. The molecule has 1 fully saturated rings. The van der Waals surface area contributed by atoms with Crippen LogP contribution in [-0.2, 0) is 4.79 Å². The molecule has 0 radical (unpaired) electrons. The fourth-order valence-electron chi connectivity index (χ4n) is 1.57. The van der Waals surface area contributed by atoms with Crippen LogP contribution in [0.15, 0.2) is 0 Å². The molecular weight excluding hydrogens is 174 g/mol. The number of carboxylic acid groups (broad SMARTS) is 1. The summed E-state index contributed by atoms with van der Waals surface area (Å²) in [7, 11) is 0. The van der Waals surface area contributed by atoms with Gasteiger partial charge in [0.1, 0.15) is 0 Å². The Morgan fingerprint density at radius 2 is 2.50 bits per heavy atom. The first-order valence-electron chi connectivity index (χ1n) is 4.27. The van der Waals surface area contributed by atoms with E-state index in [-0.39, 0.29) is 12.3 Å². The summed E-state index contributed by atoms with van der Waals surface area (Å²) < 4.78 is 0. The maximum absolute atomic E-state index is 10.5. The fraction of sp³-hybridized carbons (Fsp3) is 0.875. The Bertz CT molecular complexity index is 157. The molecule has 0 spiro atoms. The lowest BCUT2D eigenvalue weighted by atomic mass is 9.98. The van der Waals surface area contributed by atoms with Crippen LogP contribution in [-0.4, -0.2) is 28.6 Å². The van der Waals surface area contributed by atoms with Gasteiger partial charge in [0.2, 0.25) is 0 Å². The minimum Gasteiger partial charge on any atom is -0.481 e. The fourth-order valence-corrected chi connectivity index (χ4v) is 3.01. The lowest BCUT2D eigenvalue weighted by Gasteiger charge is -2.18. The molecule has 1 saturated heterocycles. The third kappa shape index (κ3) is 2.68. The third-order valence-electron chi connectivity index (χ3n) is 2.23. The van der Waals surface area contributed by atoms with Crippen LogP contribution < -0.4 is 5.73 Å². The minimum absolute atomic E-state index is 0.176. The Morgan fingerprint density at radius 1 is 1.75 bits per heavy atom. The molecule has 2 unspecified atom stereocenters. The van der Waals surface area contributed by atoms with E-state index in [1.54, 1.807) is 0 Å². The maximum atomic E-state index is 10.5. The van der Waals surface area contributed by atoms with Gasteiger partial charge in [0.15, 0.2) is 0 Å². The van der Waals surface area contributed by atoms with Crippen molar-refractivity contribution in [1.82, 2.24) is 0 Å². The van der Waals surface area contributed by atoms with Crippen LogP contribution in [0.3, 0.4) is 0 Å². The van der Waals surface area contributed by atoms with Gasteiger partial charge in [-0.25, -0.2) is 0 Å². The first-order valence-corrected chi connectivity index (χ1v) is 5.32. The molecule has 0 aromatic carbocycles. The van der Waals surface area contributed by atoms with E-state index in [4.69, 9.17) is 10.8 Å². The lowest BCUT2D eigenvalue weighted by Crippen LogP contribution is -2.26. The molecule has 0 aromatic heterocycles. The van der Waals surface area contributed by atoms with E-state index in [2.05, 4.69) is 0 Å². The van der Waals surface area contributed by atoms with Crippen LogP contribution in [0.25, 0.3) is 0 Å². The summed E-state index contributed by atoms with van der Waals surface area (Å²) >= 11 is 1.87. The second kappa shape index (κ2) is 4.72. The number of nitrogens with two attached hydrogens (primary N) is 1. The quantitative estimate of drug-likeness (QED) is 0.690. The molecule has 3 nitrogen and oxygen atoms in total. The molecule has 12 heavy (non-hydrogen) atoms. The van der Waals surface area contributed by atoms with E-state index in [9.17, 15) is 4.79 Å². The molecule has 0 saturated carbocycles. The van der Waals surface area contributed by atoms with E-state index in [0.29, 0.717) is 11.8 Å². The Balaban J connectivity index is 2.37. The molecule has 70 valence electrons. The number of aliphatic carboxylic acids is 1. The number of thioether (sulfide) groups is 1. The Labute approximate surface area is 76.7 Å². The van der Waals surface area contributed by atoms with Crippen molar-refractivity contribution in [2.45, 2.75) is 24.5 Å². The van der Waals surface area contributed by atoms with Gasteiger partial charge in [-0.05, 0) is 31.1 Å². The second-order valence-corrected chi connectivity index (χ2v) is 4.49. The molecular formula is C8H15NO2S. The summed E-state index contributed by atoms with van der Waals surface area (Å²) in [6, 6.07) is 0. The van der Waals surface area contributed by atoms with Gasteiger partial charge >= 0.3 is 5.97 Å². The van der Waals surface area contributed by atoms with Crippen molar-refractivity contribution in [2.24, 2.45) is 11.7 Å². The van der Waals surface area contributed by atoms with Crippen molar-refractivity contribution in [3.8, 4) is 0 Å². The van der Waals surface area contributed by atoms with E-state index in [1.807, 2.05) is 11.8 Å². The van der Waals surface area contributed by atoms with Gasteiger partial charge in [0.25, 0.3) is 0 Å². The van der Waals surface area contributed by atoms with E-state index in [0.717, 1.165) is 6.42 Å². The van der Waals surface area contributed by atoms with E-state index < -0.39 is 5.97 Å². The normalized spacial score (nSPS) is 25.6. The van der Waals surface area contributed by atoms with Crippen LogP contribution in [0.4, 0.5) is 0 Å². The topological polar surface area (TPSA) is 63.3 Å². The first-order chi connectivity index (χ1) is 5.74. The zero-order chi connectivity index (χ0) is 8.97. The number of carboxylic acids is 1. The molecule has 0 aliphatic carbocycles. The zero-order valence-electron chi connectivity index (χ0n) is 7.03. The highest BCUT2D eigenvalue weighted by atomic mass is 32.2. The van der Waals surface area contributed by atoms with Gasteiger partial charge in [-0.15, -0.1) is 0 Å². The van der Waals surface area contributed by atoms with Crippen molar-refractivity contribution in [3.63, 3.8) is 0 Å². The second-order valence-electron chi connectivity index (χ2n) is 3.15. The average molecular weight is 189 g/mol. The highest BCUT2D eigenvalue weighted by Crippen LogP contribution is 2.33. The largest absolute Gasteiger partial charge is 0.481 e. The summed E-state index contributed by atoms with van der Waals surface area (Å²) in [5.74, 6) is 0.619. The Hall–Kier alpha value is -0.220. The van der Waals surface area contributed by atoms with Crippen molar-refractivity contribution in [2.75, 3.05) is 12.3 Å². The van der Waals surface area contributed by atoms with Gasteiger partial charge < -0.3 is 10.8 Å². The van der Waals surface area contributed by atoms with E-state index in [1.165, 1.54) is 12.2 Å². The first kappa shape index (κ1) is 9.86. The van der Waals surface area contributed by atoms with Gasteiger partial charge in [-0.3, -0.25) is 4.79 Å². The van der Waals surface area contributed by atoms with Gasteiger partial charge in [-0.1, -0.05) is 0 Å². The van der Waals surface area contributed by atoms with Gasteiger partial charge in [0, 0.05) is 5.25 Å². The highest BCUT2D eigenvalue weighted by molar-refractivity contribution is 8.00. The Morgan fingerprint density at radius 3 is 2.92 bits per heavy atom. The molecule has 1 heterocycles. The molecule has 1 aliphatic heterocycles. The molecule has 3 N–H and O–H groups in total. The predicted molar refractivity (Wildman–Crippen MR) is 50.3 cm³/mol. The number of hydrogen-bond acceptors (Lipinski definition) is 3. The van der Waals surface area contributed by atoms with Crippen molar-refractivity contribution < 1.29 is 9.90 Å². The summed E-state index contributed by atoms with van der Waals surface area (Å²) in [6.45, 7) is 0.504. The highest BCUT2D eigenvalue weighted by Gasteiger charge is 2.26. The maximum Gasteiger partial charge on any atom is 0.303 e. The average Bonchev–Trinajstić information content (AvgIpc) is 2.51. The number of carbonyl (C=O) groups is 1. The van der Waals surface area contributed by atoms with Gasteiger partial charge in [0.05, 0.1) is 6.42 Å². The number of rotatable bonds is 4. The molecule has 0 aromatic rings. The van der Waals surface area contributed by atoms with Crippen LogP contribution >= 0.6 is 11.8 Å². The summed E-state index contributed by atoms with van der Waals surface area (Å²) in [5.41, 5.74) is 5.52. The summed E-state index contributed by atoms with van der Waals surface area (Å²) in [4.78, 5) is 10.5. The lowest BCUT2D eigenvalue weighted by molar-refractivity contribution is -0.138. The summed E-state index contributed by atoms with van der Waals surface area (Å²) in [6.07, 6.45) is 2.58. The molecule has 4 heteroatoms. The minimum atomic E-state index is -0.724. The Kier molecular flexibility index (Phi) is 3.88. The van der Waals surface area contributed by atoms with Crippen LogP contribution in [0.2, 0.25) is 0 Å². The zero-order valence-corrected chi connectivity index (χ0v) is 7.85. The summed E-state index contributed by atoms with van der Waals surface area (Å²) in [5, 5.41) is 9.10. The SMILES string of the molecule is NCC(CC(=O)O)C1CCCS1. The van der Waals surface area contributed by atoms with Crippen molar-refractivity contribution >= 4 is 17.7 Å². The monoisotopic (exact) mass is 189 g/mol. The molecule has 1 aliphatic rings. The van der Waals surface area contributed by atoms with Crippen LogP contribution in [0, 0.1) is 5.92 Å². The molecule has 0 bridgehead atoms.